The number of carbonyl (C=O) groups is 2. The number of nitrogens with zero attached hydrogens (tertiary/aromatic N) is 3. The van der Waals surface area contributed by atoms with E-state index in [0.29, 0.717) is 11.3 Å². The Morgan fingerprint density at radius 2 is 1.81 bits per heavy atom. The van der Waals surface area contributed by atoms with Gasteiger partial charge in [0.15, 0.2) is 10.9 Å². The van der Waals surface area contributed by atoms with E-state index in [4.69, 9.17) is 17.5 Å². The van der Waals surface area contributed by atoms with E-state index in [-0.39, 0.29) is 27.8 Å². The Labute approximate surface area is 161 Å². The van der Waals surface area contributed by atoms with E-state index in [1.165, 1.54) is 19.1 Å². The van der Waals surface area contributed by atoms with Crippen molar-refractivity contribution in [3.63, 3.8) is 0 Å². The molecule has 1 amide bonds. The predicted molar refractivity (Wildman–Crippen MR) is 104 cm³/mol. The summed E-state index contributed by atoms with van der Waals surface area (Å²) in [4.78, 5) is 26.7. The number of benzene rings is 2. The van der Waals surface area contributed by atoms with Crippen molar-refractivity contribution in [2.24, 2.45) is 0 Å². The standard InChI is InChI=1S/C20H16FN3O2S/c1-12-14(10-22)6-9-16(17(12)21)23-18(26)20(2,3)24(19(23)27)15-7-4-13(11-25)5-8-15/h4-9,11H,1-3H3. The van der Waals surface area contributed by atoms with E-state index < -0.39 is 11.4 Å². The molecule has 1 aliphatic heterocycles. The zero-order chi connectivity index (χ0) is 19.9. The molecule has 1 aliphatic rings. The van der Waals surface area contributed by atoms with Gasteiger partial charge in [-0.2, -0.15) is 5.26 Å². The molecule has 0 saturated carbocycles. The number of nitriles is 1. The first-order valence-electron chi connectivity index (χ1n) is 8.17. The maximum atomic E-state index is 14.9. The monoisotopic (exact) mass is 381 g/mol. The summed E-state index contributed by atoms with van der Waals surface area (Å²) >= 11 is 5.51. The Morgan fingerprint density at radius 3 is 2.37 bits per heavy atom. The van der Waals surface area contributed by atoms with Crippen LogP contribution in [0.25, 0.3) is 0 Å². The van der Waals surface area contributed by atoms with Crippen LogP contribution in [0, 0.1) is 24.1 Å². The second kappa shape index (κ2) is 6.56. The van der Waals surface area contributed by atoms with E-state index >= 15 is 0 Å². The minimum absolute atomic E-state index is 0.0154. The number of rotatable bonds is 3. The van der Waals surface area contributed by atoms with Crippen LogP contribution in [0.5, 0.6) is 0 Å². The average Bonchev–Trinajstić information content (AvgIpc) is 2.82. The molecular formula is C20H16FN3O2S. The van der Waals surface area contributed by atoms with Crippen molar-refractivity contribution in [1.29, 1.82) is 5.26 Å². The van der Waals surface area contributed by atoms with Gasteiger partial charge in [-0.3, -0.25) is 14.5 Å². The van der Waals surface area contributed by atoms with Crippen LogP contribution in [-0.4, -0.2) is 22.8 Å². The van der Waals surface area contributed by atoms with Gasteiger partial charge >= 0.3 is 0 Å². The van der Waals surface area contributed by atoms with Crippen molar-refractivity contribution in [2.45, 2.75) is 26.3 Å². The second-order valence-corrected chi connectivity index (χ2v) is 7.08. The number of amides is 1. The zero-order valence-corrected chi connectivity index (χ0v) is 15.8. The van der Waals surface area contributed by atoms with E-state index in [1.54, 1.807) is 43.0 Å². The van der Waals surface area contributed by atoms with E-state index in [1.807, 2.05) is 6.07 Å². The summed E-state index contributed by atoms with van der Waals surface area (Å²) in [6.07, 6.45) is 0.726. The SMILES string of the molecule is Cc1c(C#N)ccc(N2C(=O)C(C)(C)N(c3ccc(C=O)cc3)C2=S)c1F. The number of carbonyl (C=O) groups excluding carboxylic acids is 2. The summed E-state index contributed by atoms with van der Waals surface area (Å²) in [7, 11) is 0. The second-order valence-electron chi connectivity index (χ2n) is 6.71. The molecule has 0 N–H and O–H groups in total. The highest BCUT2D eigenvalue weighted by molar-refractivity contribution is 7.81. The molecule has 0 atom stereocenters. The van der Waals surface area contributed by atoms with Crippen molar-refractivity contribution >= 4 is 40.9 Å². The first kappa shape index (κ1) is 18.7. The maximum absolute atomic E-state index is 14.9. The largest absolute Gasteiger partial charge is 0.304 e. The number of anilines is 2. The van der Waals surface area contributed by atoms with Crippen LogP contribution in [0.4, 0.5) is 15.8 Å². The molecule has 7 heteroatoms. The molecule has 0 aliphatic carbocycles. The molecule has 3 rings (SSSR count). The molecular weight excluding hydrogens is 365 g/mol. The lowest BCUT2D eigenvalue weighted by Crippen LogP contribution is -2.44. The van der Waals surface area contributed by atoms with Crippen LogP contribution in [0.2, 0.25) is 0 Å². The first-order chi connectivity index (χ1) is 12.7. The number of aldehydes is 1. The van der Waals surface area contributed by atoms with Gasteiger partial charge < -0.3 is 4.90 Å². The van der Waals surface area contributed by atoms with E-state index in [9.17, 15) is 14.0 Å². The average molecular weight is 381 g/mol. The molecule has 136 valence electrons. The minimum atomic E-state index is -1.05. The van der Waals surface area contributed by atoms with Crippen LogP contribution in [0.1, 0.15) is 35.3 Å². The molecule has 1 saturated heterocycles. The van der Waals surface area contributed by atoms with Crippen molar-refractivity contribution < 1.29 is 14.0 Å². The molecule has 0 radical (unpaired) electrons. The van der Waals surface area contributed by atoms with Crippen LogP contribution in [0.15, 0.2) is 36.4 Å². The van der Waals surface area contributed by atoms with Gasteiger partial charge in [0.05, 0.1) is 17.3 Å². The number of thiocarbonyl (C=S) groups is 1. The molecule has 0 aromatic heterocycles. The third kappa shape index (κ3) is 2.78. The van der Waals surface area contributed by atoms with Crippen LogP contribution >= 0.6 is 12.2 Å². The summed E-state index contributed by atoms with van der Waals surface area (Å²) in [5.74, 6) is -1.03. The van der Waals surface area contributed by atoms with Gasteiger partial charge in [-0.15, -0.1) is 0 Å². The summed E-state index contributed by atoms with van der Waals surface area (Å²) in [6, 6.07) is 11.4. The molecule has 2 aromatic carbocycles. The van der Waals surface area contributed by atoms with Gasteiger partial charge in [0.25, 0.3) is 5.91 Å². The normalized spacial score (nSPS) is 15.8. The molecule has 5 nitrogen and oxygen atoms in total. The van der Waals surface area contributed by atoms with Crippen molar-refractivity contribution in [3.8, 4) is 6.07 Å². The van der Waals surface area contributed by atoms with Gasteiger partial charge in [0, 0.05) is 16.8 Å². The molecule has 27 heavy (non-hydrogen) atoms. The molecule has 0 bridgehead atoms. The fraction of sp³-hybridized carbons (Fsp3) is 0.200. The Bertz CT molecular complexity index is 1010. The first-order valence-corrected chi connectivity index (χ1v) is 8.58. The van der Waals surface area contributed by atoms with Gasteiger partial charge in [-0.05, 0) is 69.4 Å². The lowest BCUT2D eigenvalue weighted by atomic mass is 10.0. The summed E-state index contributed by atoms with van der Waals surface area (Å²) < 4.78 is 14.9. The smallest absolute Gasteiger partial charge is 0.259 e. The number of halogens is 1. The third-order valence-electron chi connectivity index (χ3n) is 4.68. The Hall–Kier alpha value is -3.11. The van der Waals surface area contributed by atoms with Gasteiger partial charge in [0.1, 0.15) is 11.8 Å². The number of hydrogen-bond acceptors (Lipinski definition) is 4. The van der Waals surface area contributed by atoms with Crippen molar-refractivity contribution in [2.75, 3.05) is 9.80 Å². The lowest BCUT2D eigenvalue weighted by Gasteiger charge is -2.29. The summed E-state index contributed by atoms with van der Waals surface area (Å²) in [5.41, 5.74) is 0.456. The van der Waals surface area contributed by atoms with Crippen LogP contribution in [0.3, 0.4) is 0 Å². The fourth-order valence-electron chi connectivity index (χ4n) is 3.11. The molecule has 0 spiro atoms. The zero-order valence-electron chi connectivity index (χ0n) is 15.0. The van der Waals surface area contributed by atoms with E-state index in [0.717, 1.165) is 11.2 Å². The van der Waals surface area contributed by atoms with E-state index in [2.05, 4.69) is 0 Å². The predicted octanol–water partition coefficient (Wildman–Crippen LogP) is 3.74. The minimum Gasteiger partial charge on any atom is -0.304 e. The topological polar surface area (TPSA) is 64.4 Å². The highest BCUT2D eigenvalue weighted by Gasteiger charge is 2.50. The van der Waals surface area contributed by atoms with Crippen LogP contribution < -0.4 is 9.80 Å². The quantitative estimate of drug-likeness (QED) is 0.599. The van der Waals surface area contributed by atoms with Gasteiger partial charge in [-0.1, -0.05) is 0 Å². The Morgan fingerprint density at radius 1 is 1.19 bits per heavy atom. The highest BCUT2D eigenvalue weighted by Crippen LogP contribution is 2.38. The molecule has 0 unspecified atom stereocenters. The van der Waals surface area contributed by atoms with Crippen LogP contribution in [-0.2, 0) is 4.79 Å². The lowest BCUT2D eigenvalue weighted by molar-refractivity contribution is -0.120. The Kier molecular flexibility index (Phi) is 4.54. The molecule has 2 aromatic rings. The third-order valence-corrected chi connectivity index (χ3v) is 5.05. The summed E-state index contributed by atoms with van der Waals surface area (Å²) in [6.45, 7) is 4.88. The highest BCUT2D eigenvalue weighted by atomic mass is 32.1. The van der Waals surface area contributed by atoms with Gasteiger partial charge in [0.2, 0.25) is 0 Å². The van der Waals surface area contributed by atoms with Crippen molar-refractivity contribution in [3.05, 3.63) is 58.9 Å². The fourth-order valence-corrected chi connectivity index (χ4v) is 3.62. The Balaban J connectivity index is 2.11. The molecule has 1 heterocycles. The molecule has 1 fully saturated rings. The summed E-state index contributed by atoms with van der Waals surface area (Å²) in [5, 5.41) is 9.19. The maximum Gasteiger partial charge on any atom is 0.259 e. The van der Waals surface area contributed by atoms with Crippen molar-refractivity contribution in [1.82, 2.24) is 0 Å². The number of hydrogen-bond donors (Lipinski definition) is 0. The van der Waals surface area contributed by atoms with Gasteiger partial charge in [-0.25, -0.2) is 4.39 Å².